The lowest BCUT2D eigenvalue weighted by Crippen LogP contribution is -2.37. The standard InChI is InChI=1S/C16H26N4O/c1-3-12-17-15-11-10-14(18-19-15)16(21)20(2)13-8-6-4-5-7-9-13/h10-11,13H,3-9,12H2,1-2H3,(H,17,19). The average Bonchev–Trinajstić information content (AvgIpc) is 2.81. The van der Waals surface area contributed by atoms with Crippen molar-refractivity contribution in [1.29, 1.82) is 0 Å². The summed E-state index contributed by atoms with van der Waals surface area (Å²) < 4.78 is 0. The Bertz CT molecular complexity index is 438. The zero-order chi connectivity index (χ0) is 15.1. The Morgan fingerprint density at radius 2 is 1.95 bits per heavy atom. The predicted octanol–water partition coefficient (Wildman–Crippen LogP) is 3.09. The van der Waals surface area contributed by atoms with Gasteiger partial charge in [0.25, 0.3) is 5.91 Å². The molecule has 1 aromatic rings. The van der Waals surface area contributed by atoms with Crippen LogP contribution in [0.1, 0.15) is 62.4 Å². The monoisotopic (exact) mass is 290 g/mol. The van der Waals surface area contributed by atoms with E-state index >= 15 is 0 Å². The SMILES string of the molecule is CCCNc1ccc(C(=O)N(C)C2CCCCCC2)nn1. The largest absolute Gasteiger partial charge is 0.369 e. The van der Waals surface area contributed by atoms with Gasteiger partial charge in [-0.15, -0.1) is 10.2 Å². The van der Waals surface area contributed by atoms with Gasteiger partial charge in [-0.3, -0.25) is 4.79 Å². The van der Waals surface area contributed by atoms with Gasteiger partial charge in [0.2, 0.25) is 0 Å². The van der Waals surface area contributed by atoms with E-state index in [1.807, 2.05) is 18.0 Å². The number of nitrogens with one attached hydrogen (secondary N) is 1. The second-order valence-corrected chi connectivity index (χ2v) is 5.79. The van der Waals surface area contributed by atoms with Crippen LogP contribution in [0, 0.1) is 0 Å². The first-order valence-electron chi connectivity index (χ1n) is 8.07. The van der Waals surface area contributed by atoms with Crippen molar-refractivity contribution >= 4 is 11.7 Å². The molecule has 0 bridgehead atoms. The first-order chi connectivity index (χ1) is 10.2. The molecule has 0 radical (unpaired) electrons. The van der Waals surface area contributed by atoms with Gasteiger partial charge in [0.05, 0.1) is 0 Å². The van der Waals surface area contributed by atoms with E-state index in [1.54, 1.807) is 6.07 Å². The second-order valence-electron chi connectivity index (χ2n) is 5.79. The summed E-state index contributed by atoms with van der Waals surface area (Å²) in [6.07, 6.45) is 8.25. The third-order valence-electron chi connectivity index (χ3n) is 4.13. The second kappa shape index (κ2) is 7.96. The van der Waals surface area contributed by atoms with Gasteiger partial charge in [0.15, 0.2) is 5.69 Å². The van der Waals surface area contributed by atoms with Crippen molar-refractivity contribution < 1.29 is 4.79 Å². The highest BCUT2D eigenvalue weighted by Crippen LogP contribution is 2.22. The van der Waals surface area contributed by atoms with Crippen LogP contribution in [0.3, 0.4) is 0 Å². The fourth-order valence-corrected chi connectivity index (χ4v) is 2.79. The predicted molar refractivity (Wildman–Crippen MR) is 84.4 cm³/mol. The van der Waals surface area contributed by atoms with Crippen molar-refractivity contribution in [3.05, 3.63) is 17.8 Å². The van der Waals surface area contributed by atoms with E-state index in [4.69, 9.17) is 0 Å². The van der Waals surface area contributed by atoms with Crippen molar-refractivity contribution in [2.75, 3.05) is 18.9 Å². The molecule has 21 heavy (non-hydrogen) atoms. The Hall–Kier alpha value is -1.65. The van der Waals surface area contributed by atoms with Crippen LogP contribution in [0.25, 0.3) is 0 Å². The van der Waals surface area contributed by atoms with E-state index in [0.29, 0.717) is 11.7 Å². The van der Waals surface area contributed by atoms with Gasteiger partial charge >= 0.3 is 0 Å². The van der Waals surface area contributed by atoms with Crippen molar-refractivity contribution in [1.82, 2.24) is 15.1 Å². The van der Waals surface area contributed by atoms with Crippen LogP contribution in [0.5, 0.6) is 0 Å². The zero-order valence-corrected chi connectivity index (χ0v) is 13.1. The lowest BCUT2D eigenvalue weighted by molar-refractivity contribution is 0.0710. The van der Waals surface area contributed by atoms with Gasteiger partial charge in [-0.2, -0.15) is 0 Å². The fraction of sp³-hybridized carbons (Fsp3) is 0.688. The fourth-order valence-electron chi connectivity index (χ4n) is 2.79. The Morgan fingerprint density at radius 1 is 1.24 bits per heavy atom. The van der Waals surface area contributed by atoms with Gasteiger partial charge in [-0.25, -0.2) is 0 Å². The van der Waals surface area contributed by atoms with Crippen LogP contribution < -0.4 is 5.32 Å². The number of carbonyl (C=O) groups excluding carboxylic acids is 1. The molecular weight excluding hydrogens is 264 g/mol. The molecule has 0 aromatic carbocycles. The molecule has 1 fully saturated rings. The summed E-state index contributed by atoms with van der Waals surface area (Å²) >= 11 is 0. The van der Waals surface area contributed by atoms with E-state index in [9.17, 15) is 4.79 Å². The molecule has 5 heteroatoms. The summed E-state index contributed by atoms with van der Waals surface area (Å²) in [5, 5.41) is 11.3. The number of hydrogen-bond donors (Lipinski definition) is 1. The van der Waals surface area contributed by atoms with E-state index in [-0.39, 0.29) is 5.91 Å². The summed E-state index contributed by atoms with van der Waals surface area (Å²) in [4.78, 5) is 14.3. The third-order valence-corrected chi connectivity index (χ3v) is 4.13. The van der Waals surface area contributed by atoms with Crippen molar-refractivity contribution in [3.63, 3.8) is 0 Å². The molecule has 0 spiro atoms. The van der Waals surface area contributed by atoms with Gasteiger partial charge in [-0.05, 0) is 31.4 Å². The Labute approximate surface area is 127 Å². The summed E-state index contributed by atoms with van der Waals surface area (Å²) in [5.41, 5.74) is 0.434. The number of amides is 1. The lowest BCUT2D eigenvalue weighted by Gasteiger charge is -2.26. The molecule has 1 aliphatic rings. The molecular formula is C16H26N4O. The minimum atomic E-state index is -0.0172. The summed E-state index contributed by atoms with van der Waals surface area (Å²) in [6.45, 7) is 2.96. The van der Waals surface area contributed by atoms with Crippen molar-refractivity contribution in [2.45, 2.75) is 57.9 Å². The molecule has 5 nitrogen and oxygen atoms in total. The quantitative estimate of drug-likeness (QED) is 0.847. The van der Waals surface area contributed by atoms with Gasteiger partial charge in [0, 0.05) is 19.6 Å². The maximum atomic E-state index is 12.5. The molecule has 0 aliphatic heterocycles. The summed E-state index contributed by atoms with van der Waals surface area (Å²) in [5.74, 6) is 0.710. The van der Waals surface area contributed by atoms with Gasteiger partial charge < -0.3 is 10.2 Å². The van der Waals surface area contributed by atoms with Crippen LogP contribution in [-0.4, -0.2) is 40.6 Å². The number of rotatable bonds is 5. The third kappa shape index (κ3) is 4.41. The molecule has 1 N–H and O–H groups in total. The number of anilines is 1. The molecule has 1 heterocycles. The first kappa shape index (κ1) is 15.7. The first-order valence-corrected chi connectivity index (χ1v) is 8.07. The summed E-state index contributed by atoms with van der Waals surface area (Å²) in [6, 6.07) is 3.94. The number of aromatic nitrogens is 2. The molecule has 2 rings (SSSR count). The smallest absolute Gasteiger partial charge is 0.274 e. The topological polar surface area (TPSA) is 58.1 Å². The van der Waals surface area contributed by atoms with Crippen LogP contribution in [0.4, 0.5) is 5.82 Å². The summed E-state index contributed by atoms with van der Waals surface area (Å²) in [7, 11) is 1.89. The molecule has 0 unspecified atom stereocenters. The van der Waals surface area contributed by atoms with Crippen LogP contribution >= 0.6 is 0 Å². The van der Waals surface area contributed by atoms with E-state index in [2.05, 4.69) is 22.4 Å². The zero-order valence-electron chi connectivity index (χ0n) is 13.1. The normalized spacial score (nSPS) is 16.3. The van der Waals surface area contributed by atoms with Gasteiger partial charge in [0.1, 0.15) is 5.82 Å². The minimum absolute atomic E-state index is 0.0172. The molecule has 1 aliphatic carbocycles. The van der Waals surface area contributed by atoms with Crippen LogP contribution in [0.15, 0.2) is 12.1 Å². The Balaban J connectivity index is 1.97. The van der Waals surface area contributed by atoms with E-state index in [1.165, 1.54) is 25.7 Å². The maximum Gasteiger partial charge on any atom is 0.274 e. The van der Waals surface area contributed by atoms with Gasteiger partial charge in [-0.1, -0.05) is 32.6 Å². The molecule has 1 saturated carbocycles. The molecule has 0 saturated heterocycles. The minimum Gasteiger partial charge on any atom is -0.369 e. The highest BCUT2D eigenvalue weighted by Gasteiger charge is 2.23. The molecule has 1 aromatic heterocycles. The number of carbonyl (C=O) groups is 1. The lowest BCUT2D eigenvalue weighted by atomic mass is 10.1. The molecule has 1 amide bonds. The Morgan fingerprint density at radius 3 is 2.52 bits per heavy atom. The molecule has 0 atom stereocenters. The Kier molecular flexibility index (Phi) is 5.96. The van der Waals surface area contributed by atoms with Crippen LogP contribution in [-0.2, 0) is 0 Å². The number of hydrogen-bond acceptors (Lipinski definition) is 4. The maximum absolute atomic E-state index is 12.5. The van der Waals surface area contributed by atoms with E-state index in [0.717, 1.165) is 31.6 Å². The highest BCUT2D eigenvalue weighted by molar-refractivity contribution is 5.92. The highest BCUT2D eigenvalue weighted by atomic mass is 16.2. The van der Waals surface area contributed by atoms with Crippen LogP contribution in [0.2, 0.25) is 0 Å². The van der Waals surface area contributed by atoms with E-state index < -0.39 is 0 Å². The molecule has 116 valence electrons. The van der Waals surface area contributed by atoms with Crippen molar-refractivity contribution in [3.8, 4) is 0 Å². The number of nitrogens with zero attached hydrogens (tertiary/aromatic N) is 3. The van der Waals surface area contributed by atoms with Crippen molar-refractivity contribution in [2.24, 2.45) is 0 Å². The average molecular weight is 290 g/mol.